The van der Waals surface area contributed by atoms with Crippen molar-refractivity contribution in [2.45, 2.75) is 51.4 Å². The van der Waals surface area contributed by atoms with E-state index in [4.69, 9.17) is 9.84 Å². The molecule has 1 aromatic rings. The Kier molecular flexibility index (Phi) is 7.48. The molecule has 4 N–H and O–H groups in total. The number of aliphatic hydroxyl groups excluding tert-OH is 3. The molecular formula is C17H27NO5. The first-order valence-electron chi connectivity index (χ1n) is 7.76. The van der Waals surface area contributed by atoms with Crippen LogP contribution in [-0.4, -0.2) is 46.3 Å². The van der Waals surface area contributed by atoms with Gasteiger partial charge in [-0.25, -0.2) is 4.79 Å². The van der Waals surface area contributed by atoms with E-state index >= 15 is 0 Å². The van der Waals surface area contributed by atoms with Gasteiger partial charge < -0.3 is 25.4 Å². The molecule has 6 heteroatoms. The van der Waals surface area contributed by atoms with E-state index in [0.29, 0.717) is 12.0 Å². The largest absolute Gasteiger partial charge is 0.444 e. The summed E-state index contributed by atoms with van der Waals surface area (Å²) >= 11 is 0. The quantitative estimate of drug-likeness (QED) is 0.609. The lowest BCUT2D eigenvalue weighted by molar-refractivity contribution is 0.0117. The van der Waals surface area contributed by atoms with Crippen LogP contribution >= 0.6 is 0 Å². The second-order valence-corrected chi connectivity index (χ2v) is 6.40. The van der Waals surface area contributed by atoms with Crippen LogP contribution < -0.4 is 5.32 Å². The Morgan fingerprint density at radius 2 is 1.91 bits per heavy atom. The summed E-state index contributed by atoms with van der Waals surface area (Å²) in [6.45, 7) is 5.46. The molecule has 0 heterocycles. The predicted octanol–water partition coefficient (Wildman–Crippen LogP) is 1.53. The van der Waals surface area contributed by atoms with E-state index in [-0.39, 0.29) is 19.6 Å². The smallest absolute Gasteiger partial charge is 0.407 e. The van der Waals surface area contributed by atoms with Crippen LogP contribution in [-0.2, 0) is 11.2 Å². The molecule has 0 saturated heterocycles. The lowest BCUT2D eigenvalue weighted by Crippen LogP contribution is -2.34. The summed E-state index contributed by atoms with van der Waals surface area (Å²) in [5.41, 5.74) is 0.804. The number of rotatable bonds is 7. The molecule has 0 aliphatic heterocycles. The number of benzene rings is 1. The highest BCUT2D eigenvalue weighted by Gasteiger charge is 2.21. The number of carbonyl (C=O) groups excluding carboxylic acids is 1. The maximum absolute atomic E-state index is 11.5. The van der Waals surface area contributed by atoms with Gasteiger partial charge in [-0.1, -0.05) is 24.3 Å². The van der Waals surface area contributed by atoms with Gasteiger partial charge in [0.2, 0.25) is 0 Å². The van der Waals surface area contributed by atoms with Crippen LogP contribution in [0.2, 0.25) is 0 Å². The fourth-order valence-corrected chi connectivity index (χ4v) is 2.17. The van der Waals surface area contributed by atoms with Crippen molar-refractivity contribution in [3.05, 3.63) is 35.4 Å². The van der Waals surface area contributed by atoms with E-state index in [1.165, 1.54) is 0 Å². The summed E-state index contributed by atoms with van der Waals surface area (Å²) in [5.74, 6) is 0. The molecule has 1 aromatic carbocycles. The van der Waals surface area contributed by atoms with Crippen molar-refractivity contribution >= 4 is 6.09 Å². The Balaban J connectivity index is 2.52. The highest BCUT2D eigenvalue weighted by Crippen LogP contribution is 2.23. The first kappa shape index (κ1) is 19.4. The van der Waals surface area contributed by atoms with Gasteiger partial charge in [0.15, 0.2) is 0 Å². The summed E-state index contributed by atoms with van der Waals surface area (Å²) < 4.78 is 5.09. The predicted molar refractivity (Wildman–Crippen MR) is 87.1 cm³/mol. The molecule has 0 spiro atoms. The van der Waals surface area contributed by atoms with Crippen LogP contribution in [0.3, 0.4) is 0 Å². The Morgan fingerprint density at radius 3 is 2.52 bits per heavy atom. The minimum atomic E-state index is -1.07. The first-order valence-corrected chi connectivity index (χ1v) is 7.76. The third-order valence-electron chi connectivity index (χ3n) is 3.23. The van der Waals surface area contributed by atoms with Crippen LogP contribution in [0.4, 0.5) is 4.79 Å². The van der Waals surface area contributed by atoms with Crippen molar-refractivity contribution in [3.63, 3.8) is 0 Å². The topological polar surface area (TPSA) is 99.0 Å². The molecule has 2 atom stereocenters. The van der Waals surface area contributed by atoms with E-state index in [1.807, 2.05) is 6.07 Å². The SMILES string of the molecule is CC(C)(C)OC(=O)NCCC(O)C(O)c1ccccc1CCO. The van der Waals surface area contributed by atoms with E-state index in [2.05, 4.69) is 5.32 Å². The monoisotopic (exact) mass is 325 g/mol. The summed E-state index contributed by atoms with van der Waals surface area (Å²) in [7, 11) is 0. The van der Waals surface area contributed by atoms with Crippen molar-refractivity contribution in [2.75, 3.05) is 13.2 Å². The van der Waals surface area contributed by atoms with Gasteiger partial charge in [0.25, 0.3) is 0 Å². The van der Waals surface area contributed by atoms with Gasteiger partial charge in [-0.2, -0.15) is 0 Å². The van der Waals surface area contributed by atoms with Crippen LogP contribution in [0.25, 0.3) is 0 Å². The number of nitrogens with one attached hydrogen (secondary N) is 1. The van der Waals surface area contributed by atoms with E-state index in [9.17, 15) is 15.0 Å². The molecule has 130 valence electrons. The molecule has 0 radical (unpaired) electrons. The summed E-state index contributed by atoms with van der Waals surface area (Å²) in [5, 5.41) is 32.0. The number of hydrogen-bond acceptors (Lipinski definition) is 5. The zero-order valence-corrected chi connectivity index (χ0v) is 14.0. The van der Waals surface area contributed by atoms with E-state index in [0.717, 1.165) is 5.56 Å². The van der Waals surface area contributed by atoms with Crippen molar-refractivity contribution in [2.24, 2.45) is 0 Å². The van der Waals surface area contributed by atoms with E-state index < -0.39 is 23.9 Å². The highest BCUT2D eigenvalue weighted by atomic mass is 16.6. The third-order valence-corrected chi connectivity index (χ3v) is 3.23. The molecule has 2 unspecified atom stereocenters. The summed E-state index contributed by atoms with van der Waals surface area (Å²) in [6, 6.07) is 7.11. The lowest BCUT2D eigenvalue weighted by atomic mass is 9.95. The maximum atomic E-state index is 11.5. The third kappa shape index (κ3) is 6.99. The molecule has 0 bridgehead atoms. The fraction of sp³-hybridized carbons (Fsp3) is 0.588. The van der Waals surface area contributed by atoms with Crippen LogP contribution in [0, 0.1) is 0 Å². The van der Waals surface area contributed by atoms with Gasteiger partial charge in [0, 0.05) is 13.2 Å². The van der Waals surface area contributed by atoms with Gasteiger partial charge >= 0.3 is 6.09 Å². The molecule has 0 aliphatic carbocycles. The molecule has 6 nitrogen and oxygen atoms in total. The van der Waals surface area contributed by atoms with Crippen LogP contribution in [0.15, 0.2) is 24.3 Å². The van der Waals surface area contributed by atoms with Crippen molar-refractivity contribution in [1.82, 2.24) is 5.32 Å². The molecule has 0 saturated carbocycles. The number of amides is 1. The van der Waals surface area contributed by atoms with Gasteiger partial charge in [-0.15, -0.1) is 0 Å². The Bertz CT molecular complexity index is 498. The van der Waals surface area contributed by atoms with E-state index in [1.54, 1.807) is 39.0 Å². The first-order chi connectivity index (χ1) is 10.7. The highest BCUT2D eigenvalue weighted by molar-refractivity contribution is 5.67. The van der Waals surface area contributed by atoms with Crippen LogP contribution in [0.5, 0.6) is 0 Å². The van der Waals surface area contributed by atoms with Gasteiger partial charge in [0.05, 0.1) is 6.10 Å². The lowest BCUT2D eigenvalue weighted by Gasteiger charge is -2.22. The molecule has 0 aromatic heterocycles. The van der Waals surface area contributed by atoms with Crippen molar-refractivity contribution in [3.8, 4) is 0 Å². The van der Waals surface area contributed by atoms with Gasteiger partial charge in [0.1, 0.15) is 11.7 Å². The van der Waals surface area contributed by atoms with Crippen molar-refractivity contribution < 1.29 is 24.9 Å². The normalized spacial score (nSPS) is 14.2. The Labute approximate surface area is 137 Å². The van der Waals surface area contributed by atoms with Gasteiger partial charge in [-0.3, -0.25) is 0 Å². The number of hydrogen-bond donors (Lipinski definition) is 4. The molecular weight excluding hydrogens is 298 g/mol. The number of ether oxygens (including phenoxy) is 1. The van der Waals surface area contributed by atoms with Crippen molar-refractivity contribution in [1.29, 1.82) is 0 Å². The molecule has 23 heavy (non-hydrogen) atoms. The standard InChI is InChI=1S/C17H27NO5/c1-17(2,3)23-16(22)18-10-8-14(20)15(21)13-7-5-4-6-12(13)9-11-19/h4-7,14-15,19-21H,8-11H2,1-3H3,(H,18,22). The zero-order chi connectivity index (χ0) is 17.5. The van der Waals surface area contributed by atoms with Gasteiger partial charge in [-0.05, 0) is 44.7 Å². The minimum Gasteiger partial charge on any atom is -0.444 e. The number of alkyl carbamates (subject to hydrolysis) is 1. The minimum absolute atomic E-state index is 0.0277. The Hall–Kier alpha value is -1.63. The molecule has 1 rings (SSSR count). The molecule has 0 fully saturated rings. The summed E-state index contributed by atoms with van der Waals surface area (Å²) in [4.78, 5) is 11.5. The number of carbonyl (C=O) groups is 1. The second kappa shape index (κ2) is 8.86. The molecule has 1 amide bonds. The fourth-order valence-electron chi connectivity index (χ4n) is 2.17. The second-order valence-electron chi connectivity index (χ2n) is 6.40. The average molecular weight is 325 g/mol. The maximum Gasteiger partial charge on any atom is 0.407 e. The average Bonchev–Trinajstić information content (AvgIpc) is 2.45. The van der Waals surface area contributed by atoms with Crippen LogP contribution in [0.1, 0.15) is 44.4 Å². The summed E-state index contributed by atoms with van der Waals surface area (Å²) in [6.07, 6.45) is -2.05. The molecule has 0 aliphatic rings. The zero-order valence-electron chi connectivity index (χ0n) is 14.0. The number of aliphatic hydroxyl groups is 3. The Morgan fingerprint density at radius 1 is 1.26 bits per heavy atom.